The summed E-state index contributed by atoms with van der Waals surface area (Å²) in [4.78, 5) is 16.5. The lowest BCUT2D eigenvalue weighted by Crippen LogP contribution is -2.24. The molecule has 24 heavy (non-hydrogen) atoms. The van der Waals surface area contributed by atoms with E-state index in [9.17, 15) is 9.90 Å². The number of aryl methyl sites for hydroxylation is 1. The second kappa shape index (κ2) is 6.84. The second-order valence-corrected chi connectivity index (χ2v) is 6.52. The zero-order valence-corrected chi connectivity index (χ0v) is 14.2. The zero-order chi connectivity index (χ0) is 17.1. The van der Waals surface area contributed by atoms with Crippen LogP contribution in [0.15, 0.2) is 48.5 Å². The topological polar surface area (TPSA) is 62.2 Å². The van der Waals surface area contributed by atoms with E-state index in [4.69, 9.17) is 4.74 Å². The lowest BCUT2D eigenvalue weighted by molar-refractivity contribution is -0.304. The Kier molecular flexibility index (Phi) is 4.62. The number of benzene rings is 2. The van der Waals surface area contributed by atoms with Crippen LogP contribution in [0, 0.1) is 6.92 Å². The van der Waals surface area contributed by atoms with Crippen LogP contribution in [0.25, 0.3) is 21.8 Å². The van der Waals surface area contributed by atoms with Gasteiger partial charge in [0.2, 0.25) is 0 Å². The van der Waals surface area contributed by atoms with Gasteiger partial charge in [-0.15, -0.1) is 11.3 Å². The highest BCUT2D eigenvalue weighted by atomic mass is 32.1. The van der Waals surface area contributed by atoms with Crippen LogP contribution in [-0.2, 0) is 11.2 Å². The van der Waals surface area contributed by atoms with Gasteiger partial charge in [-0.1, -0.05) is 42.0 Å². The first-order chi connectivity index (χ1) is 11.6. The van der Waals surface area contributed by atoms with Crippen molar-refractivity contribution in [3.63, 3.8) is 0 Å². The van der Waals surface area contributed by atoms with E-state index >= 15 is 0 Å². The summed E-state index contributed by atoms with van der Waals surface area (Å²) in [6, 6.07) is 15.5. The highest BCUT2D eigenvalue weighted by molar-refractivity contribution is 7.15. The molecule has 0 aliphatic rings. The number of aromatic nitrogens is 1. The van der Waals surface area contributed by atoms with Crippen molar-refractivity contribution in [2.45, 2.75) is 13.3 Å². The van der Waals surface area contributed by atoms with Gasteiger partial charge >= 0.3 is 0 Å². The SMILES string of the molecule is COc1cccc(-c2nc(-c3ccc(C)cc3)c(CC(=O)[O-])s2)c1. The van der Waals surface area contributed by atoms with Crippen LogP contribution in [0.5, 0.6) is 5.75 Å². The highest BCUT2D eigenvalue weighted by Gasteiger charge is 2.15. The van der Waals surface area contributed by atoms with Crippen LogP contribution in [-0.4, -0.2) is 18.1 Å². The number of methoxy groups -OCH3 is 1. The van der Waals surface area contributed by atoms with Crippen LogP contribution >= 0.6 is 11.3 Å². The molecule has 0 spiro atoms. The van der Waals surface area contributed by atoms with Crippen LogP contribution < -0.4 is 9.84 Å². The first kappa shape index (κ1) is 16.2. The Bertz CT molecular complexity index is 869. The Morgan fingerprint density at radius 1 is 1.17 bits per heavy atom. The number of aliphatic carboxylic acids is 1. The maximum atomic E-state index is 11.1. The number of carbonyl (C=O) groups excluding carboxylic acids is 1. The van der Waals surface area contributed by atoms with Crippen LogP contribution in [0.3, 0.4) is 0 Å². The third kappa shape index (κ3) is 3.46. The predicted molar refractivity (Wildman–Crippen MR) is 93.0 cm³/mol. The van der Waals surface area contributed by atoms with Gasteiger partial charge in [0.05, 0.1) is 12.8 Å². The molecule has 0 aliphatic carbocycles. The molecule has 0 N–H and O–H groups in total. The Morgan fingerprint density at radius 2 is 1.92 bits per heavy atom. The fraction of sp³-hybridized carbons (Fsp3) is 0.158. The smallest absolute Gasteiger partial charge is 0.124 e. The fourth-order valence-corrected chi connectivity index (χ4v) is 3.48. The van der Waals surface area contributed by atoms with E-state index in [-0.39, 0.29) is 6.42 Å². The predicted octanol–water partition coefficient (Wildman–Crippen LogP) is 3.09. The number of hydrogen-bond acceptors (Lipinski definition) is 5. The Labute approximate surface area is 144 Å². The maximum Gasteiger partial charge on any atom is 0.124 e. The number of ether oxygens (including phenoxy) is 1. The highest BCUT2D eigenvalue weighted by Crippen LogP contribution is 2.35. The third-order valence-electron chi connectivity index (χ3n) is 3.64. The Balaban J connectivity index is 2.08. The largest absolute Gasteiger partial charge is 0.550 e. The molecule has 3 aromatic rings. The van der Waals surface area contributed by atoms with Gasteiger partial charge in [-0.3, -0.25) is 0 Å². The van der Waals surface area contributed by atoms with Crippen LogP contribution in [0.2, 0.25) is 0 Å². The van der Waals surface area contributed by atoms with Gasteiger partial charge in [-0.25, -0.2) is 4.98 Å². The fourth-order valence-electron chi connectivity index (χ4n) is 2.42. The number of carboxylic acids is 1. The molecule has 122 valence electrons. The zero-order valence-electron chi connectivity index (χ0n) is 13.4. The Hall–Kier alpha value is -2.66. The van der Waals surface area contributed by atoms with Gasteiger partial charge in [0.15, 0.2) is 0 Å². The molecule has 5 heteroatoms. The van der Waals surface area contributed by atoms with Gasteiger partial charge < -0.3 is 14.6 Å². The van der Waals surface area contributed by atoms with Crippen molar-refractivity contribution in [3.8, 4) is 27.6 Å². The van der Waals surface area contributed by atoms with Crippen LogP contribution in [0.4, 0.5) is 0 Å². The molecule has 0 unspecified atom stereocenters. The summed E-state index contributed by atoms with van der Waals surface area (Å²) in [5, 5.41) is 11.9. The molecule has 0 saturated heterocycles. The molecule has 3 rings (SSSR count). The normalized spacial score (nSPS) is 10.6. The average Bonchev–Trinajstić information content (AvgIpc) is 2.99. The van der Waals surface area contributed by atoms with Crippen molar-refractivity contribution in [1.29, 1.82) is 0 Å². The number of hydrogen-bond donors (Lipinski definition) is 0. The number of carbonyl (C=O) groups is 1. The molecule has 1 heterocycles. The van der Waals surface area contributed by atoms with Crippen molar-refractivity contribution in [3.05, 3.63) is 59.0 Å². The molecular weight excluding hydrogens is 322 g/mol. The number of rotatable bonds is 5. The first-order valence-electron chi connectivity index (χ1n) is 7.48. The van der Waals surface area contributed by atoms with E-state index in [0.29, 0.717) is 10.6 Å². The minimum Gasteiger partial charge on any atom is -0.550 e. The quantitative estimate of drug-likeness (QED) is 0.717. The van der Waals surface area contributed by atoms with Gasteiger partial charge in [0, 0.05) is 28.4 Å². The summed E-state index contributed by atoms with van der Waals surface area (Å²) < 4.78 is 5.25. The Morgan fingerprint density at radius 3 is 2.58 bits per heavy atom. The lowest BCUT2D eigenvalue weighted by Gasteiger charge is -2.03. The van der Waals surface area contributed by atoms with E-state index in [1.165, 1.54) is 11.3 Å². The van der Waals surface area contributed by atoms with Crippen LogP contribution in [0.1, 0.15) is 10.4 Å². The molecule has 0 radical (unpaired) electrons. The summed E-state index contributed by atoms with van der Waals surface area (Å²) in [7, 11) is 1.61. The van der Waals surface area contributed by atoms with Gasteiger partial charge in [-0.2, -0.15) is 0 Å². The monoisotopic (exact) mass is 338 g/mol. The van der Waals surface area contributed by atoms with Crippen molar-refractivity contribution < 1.29 is 14.6 Å². The van der Waals surface area contributed by atoms with E-state index in [0.717, 1.165) is 27.4 Å². The first-order valence-corrected chi connectivity index (χ1v) is 8.29. The molecular formula is C19H16NO3S-. The molecule has 0 bridgehead atoms. The number of nitrogens with zero attached hydrogens (tertiary/aromatic N) is 1. The van der Waals surface area contributed by atoms with E-state index in [2.05, 4.69) is 4.98 Å². The number of thiazole rings is 1. The van der Waals surface area contributed by atoms with Crippen molar-refractivity contribution in [2.75, 3.05) is 7.11 Å². The summed E-state index contributed by atoms with van der Waals surface area (Å²) in [5.41, 5.74) is 3.64. The van der Waals surface area contributed by atoms with Gasteiger partial charge in [0.25, 0.3) is 0 Å². The third-order valence-corrected chi connectivity index (χ3v) is 4.75. The minimum absolute atomic E-state index is 0.148. The number of carboxylic acid groups (broad SMARTS) is 1. The van der Waals surface area contributed by atoms with Gasteiger partial charge in [0.1, 0.15) is 10.8 Å². The summed E-state index contributed by atoms with van der Waals surface area (Å²) >= 11 is 1.37. The maximum absolute atomic E-state index is 11.1. The molecule has 1 aromatic heterocycles. The summed E-state index contributed by atoms with van der Waals surface area (Å²) in [6.07, 6.45) is -0.148. The van der Waals surface area contributed by atoms with Crippen molar-refractivity contribution in [2.24, 2.45) is 0 Å². The molecule has 0 aliphatic heterocycles. The van der Waals surface area contributed by atoms with Gasteiger partial charge in [-0.05, 0) is 19.1 Å². The van der Waals surface area contributed by atoms with Crippen molar-refractivity contribution >= 4 is 17.3 Å². The van der Waals surface area contributed by atoms with E-state index in [1.54, 1.807) is 7.11 Å². The standard InChI is InChI=1S/C19H17NO3S/c1-12-6-8-13(9-7-12)18-16(11-17(21)22)24-19(20-18)14-4-3-5-15(10-14)23-2/h3-10H,11H2,1-2H3,(H,21,22)/p-1. The molecule has 0 amide bonds. The molecule has 0 atom stereocenters. The summed E-state index contributed by atoms with van der Waals surface area (Å²) in [5.74, 6) is -0.370. The molecule has 2 aromatic carbocycles. The van der Waals surface area contributed by atoms with E-state index in [1.807, 2.05) is 55.5 Å². The molecule has 0 fully saturated rings. The second-order valence-electron chi connectivity index (χ2n) is 5.44. The average molecular weight is 338 g/mol. The lowest BCUT2D eigenvalue weighted by atomic mass is 10.1. The van der Waals surface area contributed by atoms with Crippen molar-refractivity contribution in [1.82, 2.24) is 4.98 Å². The molecule has 0 saturated carbocycles. The van der Waals surface area contributed by atoms with E-state index < -0.39 is 5.97 Å². The minimum atomic E-state index is -1.11. The molecule has 4 nitrogen and oxygen atoms in total. The summed E-state index contributed by atoms with van der Waals surface area (Å²) in [6.45, 7) is 2.01.